The second-order valence-electron chi connectivity index (χ2n) is 4.61. The highest BCUT2D eigenvalue weighted by atomic mass is 79.9. The van der Waals surface area contributed by atoms with Gasteiger partial charge in [-0.2, -0.15) is 0 Å². The molecule has 0 bridgehead atoms. The number of benzene rings is 2. The van der Waals surface area contributed by atoms with E-state index in [9.17, 15) is 4.39 Å². The number of nitrogens with two attached hydrogens (primary N) is 1. The molecular formula is C15H14BrFN2. The van der Waals surface area contributed by atoms with Gasteiger partial charge in [0.05, 0.1) is 10.2 Å². The third-order valence-electron chi connectivity index (χ3n) is 3.54. The number of hydrogen-bond acceptors (Lipinski definition) is 2. The molecule has 2 aromatic carbocycles. The summed E-state index contributed by atoms with van der Waals surface area (Å²) in [6.45, 7) is 1.14. The normalized spacial score (nSPS) is 13.7. The van der Waals surface area contributed by atoms with Crippen LogP contribution in [0.25, 0.3) is 0 Å². The SMILES string of the molecule is NCc1ccc(N2CCc3ccccc32)c(F)c1Br. The largest absolute Gasteiger partial charge is 0.339 e. The van der Waals surface area contributed by atoms with Crippen molar-refractivity contribution in [2.75, 3.05) is 11.4 Å². The van der Waals surface area contributed by atoms with E-state index in [-0.39, 0.29) is 5.82 Å². The van der Waals surface area contributed by atoms with Gasteiger partial charge in [-0.3, -0.25) is 0 Å². The van der Waals surface area contributed by atoms with E-state index in [0.717, 1.165) is 24.2 Å². The number of para-hydroxylation sites is 1. The van der Waals surface area contributed by atoms with Crippen LogP contribution < -0.4 is 10.6 Å². The van der Waals surface area contributed by atoms with Crippen LogP contribution in [0, 0.1) is 5.82 Å². The molecule has 0 saturated carbocycles. The maximum absolute atomic E-state index is 14.5. The van der Waals surface area contributed by atoms with Gasteiger partial charge in [0.25, 0.3) is 0 Å². The molecular weight excluding hydrogens is 307 g/mol. The molecule has 1 aliphatic heterocycles. The number of anilines is 2. The fourth-order valence-corrected chi connectivity index (χ4v) is 3.03. The van der Waals surface area contributed by atoms with Crippen molar-refractivity contribution < 1.29 is 4.39 Å². The maximum atomic E-state index is 14.5. The zero-order chi connectivity index (χ0) is 13.4. The lowest BCUT2D eigenvalue weighted by molar-refractivity contribution is 0.616. The standard InChI is InChI=1S/C15H14BrFN2/c16-14-11(9-18)5-6-13(15(14)17)19-8-7-10-3-1-2-4-12(10)19/h1-6H,7-9,18H2. The highest BCUT2D eigenvalue weighted by Gasteiger charge is 2.23. The third-order valence-corrected chi connectivity index (χ3v) is 4.40. The van der Waals surface area contributed by atoms with Crippen molar-refractivity contribution >= 4 is 27.3 Å². The average molecular weight is 321 g/mol. The molecule has 0 aromatic heterocycles. The second-order valence-corrected chi connectivity index (χ2v) is 5.40. The van der Waals surface area contributed by atoms with Gasteiger partial charge in [0, 0.05) is 18.8 Å². The number of fused-ring (bicyclic) bond motifs is 1. The van der Waals surface area contributed by atoms with Crippen molar-refractivity contribution in [2.45, 2.75) is 13.0 Å². The van der Waals surface area contributed by atoms with E-state index < -0.39 is 0 Å². The summed E-state index contributed by atoms with van der Waals surface area (Å²) in [6.07, 6.45) is 0.950. The molecule has 0 fully saturated rings. The lowest BCUT2D eigenvalue weighted by atomic mass is 10.1. The third kappa shape index (κ3) is 2.05. The van der Waals surface area contributed by atoms with E-state index >= 15 is 0 Å². The Hall–Kier alpha value is -1.39. The Morgan fingerprint density at radius 3 is 2.74 bits per heavy atom. The molecule has 0 saturated heterocycles. The predicted molar refractivity (Wildman–Crippen MR) is 79.1 cm³/mol. The molecule has 4 heteroatoms. The summed E-state index contributed by atoms with van der Waals surface area (Å²) >= 11 is 3.30. The van der Waals surface area contributed by atoms with Crippen LogP contribution in [-0.4, -0.2) is 6.54 Å². The quantitative estimate of drug-likeness (QED) is 0.913. The average Bonchev–Trinajstić information content (AvgIpc) is 2.86. The first-order valence-corrected chi connectivity index (χ1v) is 7.04. The highest BCUT2D eigenvalue weighted by molar-refractivity contribution is 9.10. The molecule has 1 heterocycles. The smallest absolute Gasteiger partial charge is 0.161 e. The summed E-state index contributed by atoms with van der Waals surface area (Å²) in [4.78, 5) is 2.02. The first kappa shape index (κ1) is 12.6. The van der Waals surface area contributed by atoms with Crippen molar-refractivity contribution in [2.24, 2.45) is 5.73 Å². The van der Waals surface area contributed by atoms with E-state index in [4.69, 9.17) is 5.73 Å². The molecule has 0 unspecified atom stereocenters. The molecule has 3 rings (SSSR count). The van der Waals surface area contributed by atoms with Gasteiger partial charge in [-0.1, -0.05) is 24.3 Å². The minimum Gasteiger partial charge on any atom is -0.339 e. The first-order chi connectivity index (χ1) is 9.22. The van der Waals surface area contributed by atoms with E-state index in [2.05, 4.69) is 22.0 Å². The molecule has 0 radical (unpaired) electrons. The molecule has 0 atom stereocenters. The van der Waals surface area contributed by atoms with Crippen LogP contribution in [0.2, 0.25) is 0 Å². The Bertz CT molecular complexity index is 628. The molecule has 19 heavy (non-hydrogen) atoms. The Morgan fingerprint density at radius 1 is 1.16 bits per heavy atom. The van der Waals surface area contributed by atoms with Gasteiger partial charge in [0.2, 0.25) is 0 Å². The number of halogens is 2. The topological polar surface area (TPSA) is 29.3 Å². The summed E-state index contributed by atoms with van der Waals surface area (Å²) in [7, 11) is 0. The Morgan fingerprint density at radius 2 is 1.95 bits per heavy atom. The summed E-state index contributed by atoms with van der Waals surface area (Å²) in [5.41, 5.74) is 9.34. The van der Waals surface area contributed by atoms with Gasteiger partial charge in [0.1, 0.15) is 0 Å². The van der Waals surface area contributed by atoms with E-state index in [1.54, 1.807) is 0 Å². The van der Waals surface area contributed by atoms with Crippen LogP contribution in [0.15, 0.2) is 40.9 Å². The summed E-state index contributed by atoms with van der Waals surface area (Å²) in [5.74, 6) is -0.236. The zero-order valence-electron chi connectivity index (χ0n) is 10.4. The Labute approximate surface area is 120 Å². The lowest BCUT2D eigenvalue weighted by Crippen LogP contribution is -2.15. The van der Waals surface area contributed by atoms with Gasteiger partial charge >= 0.3 is 0 Å². The second kappa shape index (κ2) is 4.94. The van der Waals surface area contributed by atoms with E-state index in [1.807, 2.05) is 35.2 Å². The van der Waals surface area contributed by atoms with Crippen molar-refractivity contribution in [3.05, 3.63) is 57.8 Å². The number of hydrogen-bond donors (Lipinski definition) is 1. The molecule has 2 nitrogen and oxygen atoms in total. The zero-order valence-corrected chi connectivity index (χ0v) is 12.0. The van der Waals surface area contributed by atoms with Gasteiger partial charge in [0.15, 0.2) is 5.82 Å². The van der Waals surface area contributed by atoms with Crippen LogP contribution in [0.4, 0.5) is 15.8 Å². The van der Waals surface area contributed by atoms with Gasteiger partial charge < -0.3 is 10.6 Å². The lowest BCUT2D eigenvalue weighted by Gasteiger charge is -2.21. The predicted octanol–water partition coefficient (Wildman–Crippen LogP) is 3.74. The molecule has 98 valence electrons. The molecule has 0 amide bonds. The first-order valence-electron chi connectivity index (χ1n) is 6.24. The summed E-state index contributed by atoms with van der Waals surface area (Å²) in [6, 6.07) is 11.8. The molecule has 1 aliphatic rings. The summed E-state index contributed by atoms with van der Waals surface area (Å²) < 4.78 is 14.9. The molecule has 0 aliphatic carbocycles. The van der Waals surface area contributed by atoms with Crippen LogP contribution >= 0.6 is 15.9 Å². The highest BCUT2D eigenvalue weighted by Crippen LogP contribution is 2.38. The monoisotopic (exact) mass is 320 g/mol. The molecule has 2 aromatic rings. The molecule has 0 spiro atoms. The fourth-order valence-electron chi connectivity index (χ4n) is 2.53. The van der Waals surface area contributed by atoms with Crippen LogP contribution in [-0.2, 0) is 13.0 Å². The molecule has 2 N–H and O–H groups in total. The van der Waals surface area contributed by atoms with Crippen molar-refractivity contribution in [1.82, 2.24) is 0 Å². The van der Waals surface area contributed by atoms with Crippen LogP contribution in [0.5, 0.6) is 0 Å². The fraction of sp³-hybridized carbons (Fsp3) is 0.200. The van der Waals surface area contributed by atoms with Gasteiger partial charge in [-0.15, -0.1) is 0 Å². The number of rotatable bonds is 2. The van der Waals surface area contributed by atoms with Gasteiger partial charge in [-0.25, -0.2) is 4.39 Å². The van der Waals surface area contributed by atoms with Gasteiger partial charge in [-0.05, 0) is 45.6 Å². The van der Waals surface area contributed by atoms with Crippen LogP contribution in [0.1, 0.15) is 11.1 Å². The van der Waals surface area contributed by atoms with E-state index in [1.165, 1.54) is 5.56 Å². The Balaban J connectivity index is 2.08. The Kier molecular flexibility index (Phi) is 3.29. The van der Waals surface area contributed by atoms with Crippen molar-refractivity contribution in [1.29, 1.82) is 0 Å². The van der Waals surface area contributed by atoms with E-state index in [0.29, 0.717) is 16.7 Å². The minimum atomic E-state index is -0.236. The van der Waals surface area contributed by atoms with Crippen LogP contribution in [0.3, 0.4) is 0 Å². The maximum Gasteiger partial charge on any atom is 0.161 e. The van der Waals surface area contributed by atoms with Crippen molar-refractivity contribution in [3.8, 4) is 0 Å². The number of nitrogens with zero attached hydrogens (tertiary/aromatic N) is 1. The summed E-state index contributed by atoms with van der Waals surface area (Å²) in [5, 5.41) is 0. The minimum absolute atomic E-state index is 0.236. The van der Waals surface area contributed by atoms with Crippen molar-refractivity contribution in [3.63, 3.8) is 0 Å².